The van der Waals surface area contributed by atoms with Crippen LogP contribution in [-0.4, -0.2) is 27.4 Å². The molecule has 1 aliphatic rings. The van der Waals surface area contributed by atoms with Crippen molar-refractivity contribution in [1.82, 2.24) is 0 Å². The molecule has 1 aliphatic heterocycles. The minimum absolute atomic E-state index is 0.0489. The Morgan fingerprint density at radius 3 is 1.83 bits per heavy atom. The van der Waals surface area contributed by atoms with Crippen LogP contribution in [-0.2, 0) is 9.22 Å². The largest absolute Gasteiger partial charge is 0.497 e. The Kier molecular flexibility index (Phi) is 6.73. The molecule has 0 N–H and O–H groups in total. The van der Waals surface area contributed by atoms with Gasteiger partial charge in [0.25, 0.3) is 5.91 Å². The van der Waals surface area contributed by atoms with Gasteiger partial charge < -0.3 is 9.16 Å². The van der Waals surface area contributed by atoms with Crippen molar-refractivity contribution in [3.05, 3.63) is 60.2 Å². The summed E-state index contributed by atoms with van der Waals surface area (Å²) in [5.41, 5.74) is 3.27. The van der Waals surface area contributed by atoms with E-state index >= 15 is 0 Å². The molecule has 0 spiro atoms. The highest BCUT2D eigenvalue weighted by Gasteiger charge is 2.56. The minimum atomic E-state index is -2.19. The van der Waals surface area contributed by atoms with E-state index in [1.54, 1.807) is 7.11 Å². The summed E-state index contributed by atoms with van der Waals surface area (Å²) >= 11 is 0. The molecule has 162 valence electrons. The maximum absolute atomic E-state index is 13.4. The van der Waals surface area contributed by atoms with Crippen LogP contribution in [0.4, 0.5) is 5.69 Å². The zero-order valence-corrected chi connectivity index (χ0v) is 20.3. The van der Waals surface area contributed by atoms with Crippen LogP contribution in [0.1, 0.15) is 53.1 Å². The molecule has 3 rings (SSSR count). The molecule has 1 amide bonds. The zero-order valence-electron chi connectivity index (χ0n) is 19.3. The van der Waals surface area contributed by atoms with E-state index in [0.29, 0.717) is 16.6 Å². The Morgan fingerprint density at radius 1 is 0.833 bits per heavy atom. The highest BCUT2D eigenvalue weighted by Crippen LogP contribution is 2.48. The van der Waals surface area contributed by atoms with E-state index in [9.17, 15) is 4.79 Å². The number of hydrogen-bond donors (Lipinski definition) is 0. The summed E-state index contributed by atoms with van der Waals surface area (Å²) in [5, 5.41) is 0. The van der Waals surface area contributed by atoms with Gasteiger partial charge in [-0.05, 0) is 46.5 Å². The molecule has 0 aromatic heterocycles. The highest BCUT2D eigenvalue weighted by molar-refractivity contribution is 6.77. The Labute approximate surface area is 182 Å². The van der Waals surface area contributed by atoms with E-state index in [1.165, 1.54) is 0 Å². The minimum Gasteiger partial charge on any atom is -0.497 e. The molecule has 0 unspecified atom stereocenters. The molecule has 30 heavy (non-hydrogen) atoms. The van der Waals surface area contributed by atoms with Gasteiger partial charge in [0, 0.05) is 5.69 Å². The molecule has 4 nitrogen and oxygen atoms in total. The van der Waals surface area contributed by atoms with Crippen molar-refractivity contribution in [3.8, 4) is 5.75 Å². The lowest BCUT2D eigenvalue weighted by atomic mass is 9.90. The second-order valence-corrected chi connectivity index (χ2v) is 14.5. The number of rotatable bonds is 8. The second-order valence-electron chi connectivity index (χ2n) is 9.12. The molecular weight excluding hydrogens is 390 g/mol. The summed E-state index contributed by atoms with van der Waals surface area (Å²) in [6.45, 7) is 13.5. The number of carbonyl (C=O) groups is 1. The van der Waals surface area contributed by atoms with Gasteiger partial charge in [0.15, 0.2) is 0 Å². The van der Waals surface area contributed by atoms with Crippen LogP contribution in [0.5, 0.6) is 5.75 Å². The molecule has 2 aromatic rings. The molecule has 0 saturated carbocycles. The van der Waals surface area contributed by atoms with Crippen molar-refractivity contribution in [1.29, 1.82) is 0 Å². The van der Waals surface area contributed by atoms with Crippen molar-refractivity contribution in [2.24, 2.45) is 0 Å². The molecule has 1 fully saturated rings. The molecule has 2 aromatic carbocycles. The van der Waals surface area contributed by atoms with Gasteiger partial charge in [-0.2, -0.15) is 0 Å². The van der Waals surface area contributed by atoms with Gasteiger partial charge in [-0.1, -0.05) is 71.9 Å². The van der Waals surface area contributed by atoms with Crippen LogP contribution in [0.25, 0.3) is 0 Å². The zero-order chi connectivity index (χ0) is 22.1. The van der Waals surface area contributed by atoms with Crippen LogP contribution in [0.2, 0.25) is 16.6 Å². The lowest BCUT2D eigenvalue weighted by Gasteiger charge is -2.53. The Hall–Kier alpha value is -2.11. The Balaban J connectivity index is 2.00. The van der Waals surface area contributed by atoms with E-state index in [4.69, 9.17) is 9.16 Å². The van der Waals surface area contributed by atoms with Crippen molar-refractivity contribution >= 4 is 19.9 Å². The van der Waals surface area contributed by atoms with Crippen molar-refractivity contribution < 1.29 is 14.0 Å². The maximum Gasteiger partial charge on any atom is 0.258 e. The third kappa shape index (κ3) is 3.81. The first-order valence-corrected chi connectivity index (χ1v) is 13.1. The van der Waals surface area contributed by atoms with E-state index < -0.39 is 14.4 Å². The highest BCUT2D eigenvalue weighted by atomic mass is 28.4. The third-order valence-electron chi connectivity index (χ3n) is 6.58. The first kappa shape index (κ1) is 22.6. The van der Waals surface area contributed by atoms with E-state index in [-0.39, 0.29) is 11.9 Å². The summed E-state index contributed by atoms with van der Waals surface area (Å²) in [6.07, 6.45) is -0.437. The fourth-order valence-electron chi connectivity index (χ4n) is 5.21. The van der Waals surface area contributed by atoms with Crippen LogP contribution in [0.15, 0.2) is 54.6 Å². The molecule has 2 atom stereocenters. The summed E-state index contributed by atoms with van der Waals surface area (Å²) in [6, 6.07) is 17.8. The normalized spacial score (nSPS) is 19.5. The van der Waals surface area contributed by atoms with Gasteiger partial charge in [0.1, 0.15) is 11.9 Å². The van der Waals surface area contributed by atoms with Crippen molar-refractivity contribution in [2.45, 2.75) is 70.3 Å². The summed E-state index contributed by atoms with van der Waals surface area (Å²) < 4.78 is 12.2. The first-order valence-electron chi connectivity index (χ1n) is 10.9. The topological polar surface area (TPSA) is 38.8 Å². The SMILES string of the molecule is COc1ccc(N2C(=O)[C@@H](O[Si](C(C)C)(C(C)C)C(C)C)[C@H]2c2ccccc2)cc1. The predicted molar refractivity (Wildman–Crippen MR) is 126 cm³/mol. The fourth-order valence-corrected chi connectivity index (χ4v) is 10.7. The van der Waals surface area contributed by atoms with Crippen LogP contribution >= 0.6 is 0 Å². The average Bonchev–Trinajstić information content (AvgIpc) is 2.72. The predicted octanol–water partition coefficient (Wildman–Crippen LogP) is 6.34. The molecular formula is C25H35NO3Si. The van der Waals surface area contributed by atoms with Gasteiger partial charge in [-0.15, -0.1) is 0 Å². The fraction of sp³-hybridized carbons (Fsp3) is 0.480. The van der Waals surface area contributed by atoms with Gasteiger partial charge >= 0.3 is 0 Å². The van der Waals surface area contributed by atoms with E-state index in [2.05, 4.69) is 53.7 Å². The third-order valence-corrected chi connectivity index (χ3v) is 12.7. The first-order chi connectivity index (χ1) is 14.2. The van der Waals surface area contributed by atoms with Crippen molar-refractivity contribution in [2.75, 3.05) is 12.0 Å². The molecule has 1 heterocycles. The van der Waals surface area contributed by atoms with Gasteiger partial charge in [0.2, 0.25) is 8.32 Å². The summed E-state index contributed by atoms with van der Waals surface area (Å²) in [7, 11) is -0.542. The summed E-state index contributed by atoms with van der Waals surface area (Å²) in [4.78, 5) is 15.3. The van der Waals surface area contributed by atoms with Gasteiger partial charge in [-0.3, -0.25) is 9.69 Å². The summed E-state index contributed by atoms with van der Waals surface area (Å²) in [5.74, 6) is 0.828. The maximum atomic E-state index is 13.4. The molecule has 5 heteroatoms. The number of nitrogens with zero attached hydrogens (tertiary/aromatic N) is 1. The molecule has 0 radical (unpaired) electrons. The number of anilines is 1. The number of carbonyl (C=O) groups excluding carboxylic acids is 1. The number of β-lactam (4-membered cyclic amide) rings is 1. The van der Waals surface area contributed by atoms with Gasteiger partial charge in [-0.25, -0.2) is 0 Å². The standard InChI is InChI=1S/C25H35NO3Si/c1-17(2)30(18(3)4,19(5)6)29-24-23(20-11-9-8-10-12-20)26(25(24)27)21-13-15-22(28-7)16-14-21/h8-19,23-24H,1-7H3/t23-,24+/m1/s1. The molecule has 0 bridgehead atoms. The van der Waals surface area contributed by atoms with Crippen LogP contribution in [0.3, 0.4) is 0 Å². The van der Waals surface area contributed by atoms with Gasteiger partial charge in [0.05, 0.1) is 13.2 Å². The number of amides is 1. The lowest BCUT2D eigenvalue weighted by Crippen LogP contribution is -2.65. The number of methoxy groups -OCH3 is 1. The Morgan fingerprint density at radius 2 is 1.37 bits per heavy atom. The van der Waals surface area contributed by atoms with Crippen LogP contribution < -0.4 is 9.64 Å². The van der Waals surface area contributed by atoms with E-state index in [0.717, 1.165) is 17.0 Å². The molecule has 0 aliphatic carbocycles. The number of benzene rings is 2. The lowest BCUT2D eigenvalue weighted by molar-refractivity contribution is -0.136. The number of hydrogen-bond acceptors (Lipinski definition) is 3. The number of ether oxygens (including phenoxy) is 1. The van der Waals surface area contributed by atoms with Crippen molar-refractivity contribution in [3.63, 3.8) is 0 Å². The van der Waals surface area contributed by atoms with E-state index in [1.807, 2.05) is 47.4 Å². The molecule has 1 saturated heterocycles. The van der Waals surface area contributed by atoms with Crippen LogP contribution in [0, 0.1) is 0 Å². The Bertz CT molecular complexity index is 827. The monoisotopic (exact) mass is 425 g/mol. The second kappa shape index (κ2) is 8.94. The smallest absolute Gasteiger partial charge is 0.258 e. The quantitative estimate of drug-likeness (QED) is 0.366. The average molecular weight is 426 g/mol.